The molecule has 2 aromatic rings. The molecule has 2 heterocycles. The zero-order chi connectivity index (χ0) is 16.8. The van der Waals surface area contributed by atoms with Gasteiger partial charge in [-0.15, -0.1) is 4.58 Å². The number of hydrogen-bond donors (Lipinski definition) is 0. The van der Waals surface area contributed by atoms with Crippen molar-refractivity contribution in [1.29, 1.82) is 0 Å². The molecule has 0 bridgehead atoms. The van der Waals surface area contributed by atoms with Gasteiger partial charge in [-0.1, -0.05) is 53.7 Å². The van der Waals surface area contributed by atoms with Crippen molar-refractivity contribution >= 4 is 23.2 Å². The molecule has 118 valence electrons. The van der Waals surface area contributed by atoms with Crippen LogP contribution in [0.4, 0.5) is 17.2 Å². The fraction of sp³-hybridized carbons (Fsp3) is 0.421. The van der Waals surface area contributed by atoms with Gasteiger partial charge < -0.3 is 0 Å². The summed E-state index contributed by atoms with van der Waals surface area (Å²) in [5.41, 5.74) is 3.19. The summed E-state index contributed by atoms with van der Waals surface area (Å²) < 4.78 is 1.93. The highest BCUT2D eigenvalue weighted by Gasteiger charge is 2.28. The summed E-state index contributed by atoms with van der Waals surface area (Å²) >= 11 is 0. The van der Waals surface area contributed by atoms with E-state index >= 15 is 0 Å². The third kappa shape index (κ3) is 2.95. The maximum Gasteiger partial charge on any atom is 0.328 e. The van der Waals surface area contributed by atoms with Crippen LogP contribution in [0.15, 0.2) is 35.5 Å². The maximum atomic E-state index is 4.59. The lowest BCUT2D eigenvalue weighted by Gasteiger charge is -2.19. The topological polar surface area (TPSA) is 41.1 Å². The minimum atomic E-state index is -0.0931. The fourth-order valence-corrected chi connectivity index (χ4v) is 2.43. The van der Waals surface area contributed by atoms with Crippen molar-refractivity contribution in [2.75, 3.05) is 0 Å². The molecular weight excluding hydrogens is 284 g/mol. The Kier molecular flexibility index (Phi) is 3.46. The second kappa shape index (κ2) is 5.10. The van der Waals surface area contributed by atoms with E-state index in [9.17, 15) is 0 Å². The zero-order valence-corrected chi connectivity index (χ0v) is 14.7. The molecule has 1 aliphatic rings. The van der Waals surface area contributed by atoms with Gasteiger partial charge in [-0.25, -0.2) is 4.98 Å². The Labute approximate surface area is 137 Å². The lowest BCUT2D eigenvalue weighted by Crippen LogP contribution is -2.16. The van der Waals surface area contributed by atoms with Crippen molar-refractivity contribution in [3.05, 3.63) is 41.9 Å². The Morgan fingerprint density at radius 3 is 2.39 bits per heavy atom. The normalized spacial score (nSPS) is 13.9. The third-order valence-electron chi connectivity index (χ3n) is 3.89. The van der Waals surface area contributed by atoms with Gasteiger partial charge in [0.15, 0.2) is 0 Å². The van der Waals surface area contributed by atoms with Crippen LogP contribution in [0.25, 0.3) is 0 Å². The second-order valence-electron chi connectivity index (χ2n) is 8.00. The molecule has 0 unspecified atom stereocenters. The molecule has 0 amide bonds. The minimum absolute atomic E-state index is 0.0931. The van der Waals surface area contributed by atoms with E-state index in [0.29, 0.717) is 5.82 Å². The molecule has 0 spiro atoms. The molecule has 0 N–H and O–H groups in total. The zero-order valence-electron chi connectivity index (χ0n) is 14.7. The van der Waals surface area contributed by atoms with E-state index in [0.717, 1.165) is 17.2 Å². The number of fused-ring (bicyclic) bond motifs is 1. The van der Waals surface area contributed by atoms with Crippen LogP contribution < -0.4 is 4.58 Å². The van der Waals surface area contributed by atoms with Crippen molar-refractivity contribution in [3.63, 3.8) is 0 Å². The summed E-state index contributed by atoms with van der Waals surface area (Å²) in [5.74, 6) is 1.48. The van der Waals surface area contributed by atoms with Crippen LogP contribution in [0.1, 0.15) is 52.9 Å². The summed E-state index contributed by atoms with van der Waals surface area (Å²) in [6, 6.07) is 11.5. The van der Waals surface area contributed by atoms with Crippen LogP contribution in [0.2, 0.25) is 0 Å². The van der Waals surface area contributed by atoms with Crippen LogP contribution in [0, 0.1) is 0 Å². The molecule has 0 saturated heterocycles. The summed E-state index contributed by atoms with van der Waals surface area (Å²) in [5, 5.41) is 0. The Morgan fingerprint density at radius 1 is 1.00 bits per heavy atom. The number of aromatic nitrogens is 2. The van der Waals surface area contributed by atoms with Crippen molar-refractivity contribution in [2.24, 2.45) is 4.99 Å². The monoisotopic (exact) mass is 307 g/mol. The largest absolute Gasteiger partial charge is 0.328 e. The van der Waals surface area contributed by atoms with E-state index in [1.807, 2.05) is 10.8 Å². The maximum absolute atomic E-state index is 4.59. The van der Waals surface area contributed by atoms with E-state index in [-0.39, 0.29) is 10.8 Å². The first-order valence-corrected chi connectivity index (χ1v) is 7.91. The number of hydrogen-bond acceptors (Lipinski definition) is 3. The smallest absolute Gasteiger partial charge is 0.236 e. The van der Waals surface area contributed by atoms with Gasteiger partial charge >= 0.3 is 11.8 Å². The molecule has 4 nitrogen and oxygen atoms in total. The van der Waals surface area contributed by atoms with Crippen LogP contribution in [-0.4, -0.2) is 16.0 Å². The quantitative estimate of drug-likeness (QED) is 0.610. The average molecular weight is 307 g/mol. The molecule has 0 aliphatic carbocycles. The molecule has 1 aliphatic heterocycles. The van der Waals surface area contributed by atoms with Crippen LogP contribution in [0.5, 0.6) is 0 Å². The SMILES string of the molecule is CC(C)(C)c1cccc([N+]2=C=Nc3nc(C(C)(C)C)ncc32)c1. The van der Waals surface area contributed by atoms with Crippen molar-refractivity contribution in [3.8, 4) is 0 Å². The minimum Gasteiger partial charge on any atom is -0.236 e. The predicted molar refractivity (Wildman–Crippen MR) is 94.4 cm³/mol. The number of benzene rings is 1. The van der Waals surface area contributed by atoms with Gasteiger partial charge in [-0.3, -0.25) is 0 Å². The highest BCUT2D eigenvalue weighted by atomic mass is 15.2. The van der Waals surface area contributed by atoms with E-state index in [4.69, 9.17) is 0 Å². The van der Waals surface area contributed by atoms with Crippen molar-refractivity contribution < 1.29 is 0 Å². The third-order valence-corrected chi connectivity index (χ3v) is 3.89. The lowest BCUT2D eigenvalue weighted by molar-refractivity contribution is 0.545. The van der Waals surface area contributed by atoms with Crippen LogP contribution >= 0.6 is 0 Å². The Morgan fingerprint density at radius 2 is 1.74 bits per heavy atom. The summed E-state index contributed by atoms with van der Waals surface area (Å²) in [6.45, 7) is 12.9. The van der Waals surface area contributed by atoms with Crippen LogP contribution in [-0.2, 0) is 10.8 Å². The number of aliphatic imine (C=N–C) groups is 1. The Hall–Kier alpha value is -2.32. The molecule has 0 atom stereocenters. The standard InChI is InChI=1S/C19H23N4/c1-18(2,3)13-8-7-9-14(10-13)23-12-21-16-15(23)11-20-17(22-16)19(4,5)6/h7-11H,1-6H3/q+1. The fourth-order valence-electron chi connectivity index (χ4n) is 2.43. The van der Waals surface area contributed by atoms with Crippen molar-refractivity contribution in [1.82, 2.24) is 14.5 Å². The summed E-state index contributed by atoms with van der Waals surface area (Å²) in [7, 11) is 0. The van der Waals surface area contributed by atoms with Gasteiger partial charge in [-0.2, -0.15) is 4.98 Å². The van der Waals surface area contributed by atoms with Crippen molar-refractivity contribution in [2.45, 2.75) is 52.4 Å². The molecule has 1 aromatic heterocycles. The first-order chi connectivity index (χ1) is 10.7. The lowest BCUT2D eigenvalue weighted by atomic mass is 9.87. The highest BCUT2D eigenvalue weighted by Crippen LogP contribution is 2.34. The van der Waals surface area contributed by atoms with Gasteiger partial charge in [-0.05, 0) is 23.1 Å². The molecule has 0 fully saturated rings. The molecule has 3 rings (SSSR count). The Bertz CT molecular complexity index is 829. The first-order valence-electron chi connectivity index (χ1n) is 7.91. The summed E-state index contributed by atoms with van der Waals surface area (Å²) in [6.07, 6.45) is 1.84. The highest BCUT2D eigenvalue weighted by molar-refractivity contribution is 5.77. The van der Waals surface area contributed by atoms with E-state index in [2.05, 4.69) is 86.8 Å². The molecule has 4 heteroatoms. The van der Waals surface area contributed by atoms with Crippen LogP contribution in [0.3, 0.4) is 0 Å². The molecule has 1 aromatic carbocycles. The van der Waals surface area contributed by atoms with E-state index < -0.39 is 0 Å². The Balaban J connectivity index is 2.03. The average Bonchev–Trinajstić information content (AvgIpc) is 2.88. The van der Waals surface area contributed by atoms with E-state index in [1.165, 1.54) is 5.56 Å². The van der Waals surface area contributed by atoms with Gasteiger partial charge in [0, 0.05) is 10.4 Å². The van der Waals surface area contributed by atoms with Gasteiger partial charge in [0.1, 0.15) is 11.5 Å². The molecular formula is C19H23N4+. The second-order valence-corrected chi connectivity index (χ2v) is 8.00. The summed E-state index contributed by atoms with van der Waals surface area (Å²) in [4.78, 5) is 13.5. The van der Waals surface area contributed by atoms with Gasteiger partial charge in [0.2, 0.25) is 5.69 Å². The number of nitrogens with zero attached hydrogens (tertiary/aromatic N) is 4. The molecule has 0 radical (unpaired) electrons. The first kappa shape index (κ1) is 15.6. The number of rotatable bonds is 1. The van der Waals surface area contributed by atoms with E-state index in [1.54, 1.807) is 0 Å². The molecule has 23 heavy (non-hydrogen) atoms. The predicted octanol–water partition coefficient (Wildman–Crippen LogP) is 4.73. The van der Waals surface area contributed by atoms with Gasteiger partial charge in [0.25, 0.3) is 0 Å². The molecule has 0 saturated carbocycles. The van der Waals surface area contributed by atoms with Gasteiger partial charge in [0.05, 0.1) is 6.20 Å².